The van der Waals surface area contributed by atoms with E-state index < -0.39 is 17.9 Å². The average molecular weight is 331 g/mol. The maximum absolute atomic E-state index is 11.3. The minimum atomic E-state index is -0.966. The van der Waals surface area contributed by atoms with Crippen LogP contribution in [0.15, 0.2) is 23.3 Å². The summed E-state index contributed by atoms with van der Waals surface area (Å²) in [4.78, 5) is 22.5. The topological polar surface area (TPSA) is 63.6 Å². The molecule has 23 heavy (non-hydrogen) atoms. The number of esters is 1. The number of hydrogen-bond donors (Lipinski definition) is 1. The van der Waals surface area contributed by atoms with Crippen molar-refractivity contribution in [1.29, 1.82) is 0 Å². The predicted octanol–water partition coefficient (Wildman–Crippen LogP) is 5.49. The van der Waals surface area contributed by atoms with E-state index in [4.69, 9.17) is 0 Å². The van der Waals surface area contributed by atoms with Gasteiger partial charge in [-0.25, -0.2) is 0 Å². The van der Waals surface area contributed by atoms with Gasteiger partial charge in [0, 0.05) is 0 Å². The quantitative estimate of drug-likeness (QED) is 0.472. The molecule has 2 unspecified atom stereocenters. The van der Waals surface area contributed by atoms with Gasteiger partial charge in [0.15, 0.2) is 0 Å². The van der Waals surface area contributed by atoms with Gasteiger partial charge in [0.2, 0.25) is 0 Å². The van der Waals surface area contributed by atoms with Crippen molar-refractivity contribution in [3.05, 3.63) is 23.3 Å². The second-order valence-corrected chi connectivity index (χ2v) is 5.21. The van der Waals surface area contributed by atoms with E-state index in [9.17, 15) is 14.7 Å². The first-order valence-electron chi connectivity index (χ1n) is 6.94. The van der Waals surface area contributed by atoms with Crippen LogP contribution in [0.2, 0.25) is 0 Å². The number of hydrogen-bond acceptors (Lipinski definition) is 3. The largest absolute Gasteiger partial charge is 0.481 e. The van der Waals surface area contributed by atoms with Crippen LogP contribution in [0.5, 0.6) is 0 Å². The smallest absolute Gasteiger partial charge is 0.307 e. The number of carbonyl (C=O) groups excluding carboxylic acids is 1. The van der Waals surface area contributed by atoms with Crippen LogP contribution in [-0.2, 0) is 14.3 Å². The lowest BCUT2D eigenvalue weighted by atomic mass is 9.89. The first-order valence-corrected chi connectivity index (χ1v) is 6.94. The number of carbonyl (C=O) groups is 2. The van der Waals surface area contributed by atoms with E-state index in [2.05, 4.69) is 24.7 Å². The second kappa shape index (κ2) is 15.3. The van der Waals surface area contributed by atoms with Gasteiger partial charge in [-0.15, -0.1) is 0 Å². The molecule has 0 amide bonds. The Bertz CT molecular complexity index is 394. The monoisotopic (exact) mass is 330 g/mol. The third-order valence-electron chi connectivity index (χ3n) is 3.44. The molecule has 0 saturated heterocycles. The van der Waals surface area contributed by atoms with Crippen molar-refractivity contribution in [2.24, 2.45) is 11.8 Å². The Morgan fingerprint density at radius 2 is 1.65 bits per heavy atom. The Labute approximate surface area is 143 Å². The number of carboxylic acids is 1. The molecule has 0 aliphatic rings. The highest BCUT2D eigenvalue weighted by atomic mass is 16.5. The summed E-state index contributed by atoms with van der Waals surface area (Å²) in [6.07, 6.45) is 5.81. The molecule has 0 aromatic carbocycles. The molecule has 4 nitrogen and oxygen atoms in total. The molecule has 0 aliphatic heterocycles. The molecule has 0 bridgehead atoms. The summed E-state index contributed by atoms with van der Waals surface area (Å²) in [5, 5.41) is 9.21. The third kappa shape index (κ3) is 12.6. The Morgan fingerprint density at radius 3 is 2.04 bits per heavy atom. The van der Waals surface area contributed by atoms with Crippen molar-refractivity contribution < 1.29 is 19.4 Å². The highest BCUT2D eigenvalue weighted by Gasteiger charge is 2.26. The van der Waals surface area contributed by atoms with Crippen molar-refractivity contribution in [3.8, 4) is 0 Å². The zero-order valence-electron chi connectivity index (χ0n) is 13.1. The minimum Gasteiger partial charge on any atom is -0.481 e. The Morgan fingerprint density at radius 1 is 1.13 bits per heavy atom. The maximum Gasteiger partial charge on any atom is 0.307 e. The molecular weight excluding hydrogens is 292 g/mol. The van der Waals surface area contributed by atoms with Gasteiger partial charge < -0.3 is 9.84 Å². The number of carboxylic acid groups (broad SMARTS) is 1. The van der Waals surface area contributed by atoms with Crippen molar-refractivity contribution in [2.75, 3.05) is 7.11 Å². The van der Waals surface area contributed by atoms with Gasteiger partial charge in [-0.1, -0.05) is 59.4 Å². The van der Waals surface area contributed by atoms with Crippen LogP contribution < -0.4 is 0 Å². The SMILES string of the molecule is C.C.C.CC/C(C)=C\C/C(C)=C/C(C)C(CC(=O)OC)C(=O)O. The van der Waals surface area contributed by atoms with Gasteiger partial charge in [0.25, 0.3) is 0 Å². The van der Waals surface area contributed by atoms with Crippen LogP contribution in [-0.4, -0.2) is 24.2 Å². The number of allylic oxidation sites excluding steroid dienone is 4. The Hall–Kier alpha value is -1.58. The minimum absolute atomic E-state index is 0. The highest BCUT2D eigenvalue weighted by molar-refractivity contribution is 5.79. The molecule has 1 N–H and O–H groups in total. The van der Waals surface area contributed by atoms with E-state index in [1.54, 1.807) is 0 Å². The number of methoxy groups -OCH3 is 1. The zero-order chi connectivity index (χ0) is 15.7. The fraction of sp³-hybridized carbons (Fsp3) is 0.684. The summed E-state index contributed by atoms with van der Waals surface area (Å²) < 4.78 is 4.55. The molecule has 0 saturated carbocycles. The van der Waals surface area contributed by atoms with E-state index in [1.807, 2.05) is 19.9 Å². The number of rotatable bonds is 8. The van der Waals surface area contributed by atoms with Gasteiger partial charge in [-0.05, 0) is 32.6 Å². The molecule has 138 valence electrons. The molecule has 0 aromatic heterocycles. The van der Waals surface area contributed by atoms with E-state index in [-0.39, 0.29) is 34.6 Å². The number of aliphatic carboxylic acids is 1. The van der Waals surface area contributed by atoms with Crippen LogP contribution in [0.4, 0.5) is 0 Å². The van der Waals surface area contributed by atoms with Gasteiger partial charge >= 0.3 is 11.9 Å². The molecular formula is C19H38O4. The first kappa shape index (κ1) is 29.4. The fourth-order valence-corrected chi connectivity index (χ4v) is 1.87. The summed E-state index contributed by atoms with van der Waals surface area (Å²) in [5.41, 5.74) is 2.43. The maximum atomic E-state index is 11.3. The van der Waals surface area contributed by atoms with Crippen molar-refractivity contribution in [3.63, 3.8) is 0 Å². The summed E-state index contributed by atoms with van der Waals surface area (Å²) in [5.74, 6) is -2.40. The molecule has 0 spiro atoms. The van der Waals surface area contributed by atoms with Gasteiger partial charge in [0.05, 0.1) is 19.4 Å². The van der Waals surface area contributed by atoms with E-state index in [1.165, 1.54) is 12.7 Å². The molecule has 4 heteroatoms. The van der Waals surface area contributed by atoms with Crippen LogP contribution in [0.3, 0.4) is 0 Å². The molecule has 0 radical (unpaired) electrons. The Balaban J connectivity index is -0.000000602. The standard InChI is InChI=1S/C16H26O4.3CH4/c1-6-11(2)7-8-12(3)9-13(4)14(16(18)19)10-15(17)20-5;;;/h7,9,13-14H,6,8,10H2,1-5H3,(H,18,19);3*1H4/b11-7-,12-9+;;;. The highest BCUT2D eigenvalue weighted by Crippen LogP contribution is 2.21. The van der Waals surface area contributed by atoms with Crippen LogP contribution in [0.25, 0.3) is 0 Å². The predicted molar refractivity (Wildman–Crippen MR) is 99.5 cm³/mol. The third-order valence-corrected chi connectivity index (χ3v) is 3.44. The van der Waals surface area contributed by atoms with E-state index in [0.717, 1.165) is 18.4 Å². The van der Waals surface area contributed by atoms with Gasteiger partial charge in [-0.3, -0.25) is 9.59 Å². The lowest BCUT2D eigenvalue weighted by Crippen LogP contribution is -2.24. The average Bonchev–Trinajstić information content (AvgIpc) is 2.40. The van der Waals surface area contributed by atoms with Crippen LogP contribution in [0, 0.1) is 11.8 Å². The number of ether oxygens (including phenoxy) is 1. The lowest BCUT2D eigenvalue weighted by molar-refractivity contribution is -0.151. The zero-order valence-corrected chi connectivity index (χ0v) is 13.1. The second-order valence-electron chi connectivity index (χ2n) is 5.21. The fourth-order valence-electron chi connectivity index (χ4n) is 1.87. The summed E-state index contributed by atoms with van der Waals surface area (Å²) in [6.45, 7) is 7.98. The van der Waals surface area contributed by atoms with Crippen LogP contribution in [0.1, 0.15) is 69.2 Å². The normalized spacial score (nSPS) is 13.6. The van der Waals surface area contributed by atoms with Crippen molar-refractivity contribution in [2.45, 2.75) is 69.2 Å². The molecule has 0 rings (SSSR count). The van der Waals surface area contributed by atoms with Crippen molar-refractivity contribution in [1.82, 2.24) is 0 Å². The van der Waals surface area contributed by atoms with E-state index >= 15 is 0 Å². The first-order chi connectivity index (χ1) is 9.31. The summed E-state index contributed by atoms with van der Waals surface area (Å²) in [7, 11) is 1.27. The molecule has 0 heterocycles. The van der Waals surface area contributed by atoms with Gasteiger partial charge in [0.1, 0.15) is 0 Å². The van der Waals surface area contributed by atoms with Crippen molar-refractivity contribution >= 4 is 11.9 Å². The summed E-state index contributed by atoms with van der Waals surface area (Å²) in [6, 6.07) is 0. The van der Waals surface area contributed by atoms with Crippen LogP contribution >= 0.6 is 0 Å². The van der Waals surface area contributed by atoms with E-state index in [0.29, 0.717) is 0 Å². The summed E-state index contributed by atoms with van der Waals surface area (Å²) >= 11 is 0. The lowest BCUT2D eigenvalue weighted by Gasteiger charge is -2.16. The molecule has 0 fully saturated rings. The molecule has 0 aromatic rings. The van der Waals surface area contributed by atoms with Gasteiger partial charge in [-0.2, -0.15) is 0 Å². The Kier molecular flexibility index (Phi) is 19.6. The molecule has 0 aliphatic carbocycles. The molecule has 2 atom stereocenters.